The Labute approximate surface area is 103 Å². The molecule has 0 aliphatic heterocycles. The molecule has 5 nitrogen and oxygen atoms in total. The summed E-state index contributed by atoms with van der Waals surface area (Å²) in [5, 5.41) is 2.84. The average molecular weight is 244 g/mol. The second kappa shape index (κ2) is 8.06. The average Bonchev–Trinajstić information content (AvgIpc) is 2.24. The molecular formula is C12H24N2O3. The van der Waals surface area contributed by atoms with Gasteiger partial charge in [0.05, 0.1) is 19.1 Å². The molecule has 0 aromatic heterocycles. The Morgan fingerprint density at radius 2 is 1.88 bits per heavy atom. The van der Waals surface area contributed by atoms with Crippen LogP contribution in [0.4, 0.5) is 0 Å². The van der Waals surface area contributed by atoms with Crippen LogP contribution in [0, 0.1) is 0 Å². The van der Waals surface area contributed by atoms with Gasteiger partial charge in [0.25, 0.3) is 0 Å². The Bertz CT molecular complexity index is 254. The second-order valence-electron chi connectivity index (χ2n) is 4.37. The van der Waals surface area contributed by atoms with E-state index in [1.54, 1.807) is 6.92 Å². The van der Waals surface area contributed by atoms with Crippen molar-refractivity contribution in [2.75, 3.05) is 20.2 Å². The summed E-state index contributed by atoms with van der Waals surface area (Å²) in [5.74, 6) is -0.248. The quantitative estimate of drug-likeness (QED) is 0.673. The van der Waals surface area contributed by atoms with E-state index in [1.165, 1.54) is 0 Å². The highest BCUT2D eigenvalue weighted by atomic mass is 16.5. The minimum absolute atomic E-state index is 0.0219. The Kier molecular flexibility index (Phi) is 7.54. The monoisotopic (exact) mass is 244 g/mol. The third-order valence-electron chi connectivity index (χ3n) is 2.45. The van der Waals surface area contributed by atoms with Crippen LogP contribution in [0.25, 0.3) is 0 Å². The molecule has 5 heteroatoms. The molecule has 100 valence electrons. The number of esters is 1. The van der Waals surface area contributed by atoms with Gasteiger partial charge in [0.2, 0.25) is 5.91 Å². The van der Waals surface area contributed by atoms with Crippen LogP contribution in [0.15, 0.2) is 0 Å². The van der Waals surface area contributed by atoms with Crippen molar-refractivity contribution in [3.63, 3.8) is 0 Å². The molecular weight excluding hydrogens is 220 g/mol. The molecule has 0 aliphatic carbocycles. The van der Waals surface area contributed by atoms with Crippen LogP contribution in [0.1, 0.15) is 34.1 Å². The lowest BCUT2D eigenvalue weighted by molar-refractivity contribution is -0.144. The highest BCUT2D eigenvalue weighted by Gasteiger charge is 2.19. The number of nitrogens with one attached hydrogen (secondary N) is 1. The summed E-state index contributed by atoms with van der Waals surface area (Å²) in [6.45, 7) is 8.35. The topological polar surface area (TPSA) is 58.6 Å². The molecule has 0 bridgehead atoms. The molecule has 0 aromatic rings. The van der Waals surface area contributed by atoms with E-state index in [0.717, 1.165) is 0 Å². The fourth-order valence-electron chi connectivity index (χ4n) is 1.30. The first-order valence-electron chi connectivity index (χ1n) is 6.04. The van der Waals surface area contributed by atoms with Crippen LogP contribution in [0.3, 0.4) is 0 Å². The lowest BCUT2D eigenvalue weighted by Gasteiger charge is -2.24. The number of nitrogens with zero attached hydrogens (tertiary/aromatic N) is 1. The molecule has 17 heavy (non-hydrogen) atoms. The molecule has 1 atom stereocenters. The van der Waals surface area contributed by atoms with Gasteiger partial charge in [-0.25, -0.2) is 0 Å². The van der Waals surface area contributed by atoms with E-state index in [0.29, 0.717) is 19.6 Å². The highest BCUT2D eigenvalue weighted by Crippen LogP contribution is 1.99. The summed E-state index contributed by atoms with van der Waals surface area (Å²) >= 11 is 0. The Hall–Kier alpha value is -1.10. The normalized spacial score (nSPS) is 12.6. The molecule has 0 fully saturated rings. The van der Waals surface area contributed by atoms with Crippen molar-refractivity contribution in [3.8, 4) is 0 Å². The first-order chi connectivity index (χ1) is 7.88. The second-order valence-corrected chi connectivity index (χ2v) is 4.37. The number of hydrogen-bond acceptors (Lipinski definition) is 4. The van der Waals surface area contributed by atoms with Crippen LogP contribution in [-0.2, 0) is 14.3 Å². The predicted molar refractivity (Wildman–Crippen MR) is 66.6 cm³/mol. The maximum absolute atomic E-state index is 11.7. The van der Waals surface area contributed by atoms with Crippen LogP contribution in [0.5, 0.6) is 0 Å². The van der Waals surface area contributed by atoms with Crippen molar-refractivity contribution < 1.29 is 14.3 Å². The number of carbonyl (C=O) groups excluding carboxylic acids is 2. The summed E-state index contributed by atoms with van der Waals surface area (Å²) in [7, 11) is 1.82. The molecule has 1 amide bonds. The zero-order valence-electron chi connectivity index (χ0n) is 11.4. The van der Waals surface area contributed by atoms with Gasteiger partial charge < -0.3 is 10.1 Å². The van der Waals surface area contributed by atoms with E-state index in [4.69, 9.17) is 4.74 Å². The van der Waals surface area contributed by atoms with Crippen LogP contribution >= 0.6 is 0 Å². The number of ether oxygens (including phenoxy) is 1. The standard InChI is InChI=1S/C12H24N2O3/c1-6-17-11(15)7-8-14(5)10(4)12(16)13-9(2)3/h9-10H,6-8H2,1-5H3,(H,13,16). The molecule has 0 saturated heterocycles. The zero-order valence-corrected chi connectivity index (χ0v) is 11.4. The lowest BCUT2D eigenvalue weighted by atomic mass is 10.2. The number of likely N-dealkylation sites (N-methyl/N-ethyl adjacent to an activating group) is 1. The number of carbonyl (C=O) groups is 2. The van der Waals surface area contributed by atoms with Crippen LogP contribution in [0.2, 0.25) is 0 Å². The smallest absolute Gasteiger partial charge is 0.307 e. The van der Waals surface area contributed by atoms with E-state index in [1.807, 2.05) is 32.7 Å². The highest BCUT2D eigenvalue weighted by molar-refractivity contribution is 5.81. The van der Waals surface area contributed by atoms with Crippen molar-refractivity contribution in [3.05, 3.63) is 0 Å². The third kappa shape index (κ3) is 6.94. The van der Waals surface area contributed by atoms with Crippen molar-refractivity contribution in [1.82, 2.24) is 10.2 Å². The summed E-state index contributed by atoms with van der Waals surface area (Å²) in [6.07, 6.45) is 0.309. The molecule has 0 spiro atoms. The van der Waals surface area contributed by atoms with E-state index in [9.17, 15) is 9.59 Å². The zero-order chi connectivity index (χ0) is 13.4. The van der Waals surface area contributed by atoms with Gasteiger partial charge in [-0.15, -0.1) is 0 Å². The number of amides is 1. The van der Waals surface area contributed by atoms with Gasteiger partial charge in [-0.05, 0) is 34.7 Å². The van der Waals surface area contributed by atoms with Gasteiger partial charge in [0.1, 0.15) is 0 Å². The van der Waals surface area contributed by atoms with Crippen molar-refractivity contribution in [1.29, 1.82) is 0 Å². The minimum Gasteiger partial charge on any atom is -0.466 e. The summed E-state index contributed by atoms with van der Waals surface area (Å²) in [6, 6.07) is -0.116. The van der Waals surface area contributed by atoms with Gasteiger partial charge in [-0.3, -0.25) is 14.5 Å². The van der Waals surface area contributed by atoms with Gasteiger partial charge >= 0.3 is 5.97 Å². The number of rotatable bonds is 7. The molecule has 0 aliphatic rings. The Morgan fingerprint density at radius 1 is 1.29 bits per heavy atom. The minimum atomic E-state index is -0.244. The molecule has 1 N–H and O–H groups in total. The largest absolute Gasteiger partial charge is 0.466 e. The summed E-state index contributed by atoms with van der Waals surface area (Å²) in [5.41, 5.74) is 0. The molecule has 1 unspecified atom stereocenters. The first kappa shape index (κ1) is 15.9. The molecule has 0 rings (SSSR count). The first-order valence-corrected chi connectivity index (χ1v) is 6.04. The Balaban J connectivity index is 4.00. The fourth-order valence-corrected chi connectivity index (χ4v) is 1.30. The van der Waals surface area contributed by atoms with Crippen molar-refractivity contribution >= 4 is 11.9 Å². The van der Waals surface area contributed by atoms with Crippen LogP contribution < -0.4 is 5.32 Å². The van der Waals surface area contributed by atoms with Crippen molar-refractivity contribution in [2.45, 2.75) is 46.2 Å². The van der Waals surface area contributed by atoms with E-state index >= 15 is 0 Å². The van der Waals surface area contributed by atoms with Gasteiger partial charge in [0.15, 0.2) is 0 Å². The lowest BCUT2D eigenvalue weighted by Crippen LogP contribution is -2.46. The van der Waals surface area contributed by atoms with E-state index in [2.05, 4.69) is 5.32 Å². The SMILES string of the molecule is CCOC(=O)CCN(C)C(C)C(=O)NC(C)C. The van der Waals surface area contributed by atoms with Crippen LogP contribution in [-0.4, -0.2) is 49.1 Å². The van der Waals surface area contributed by atoms with Crippen molar-refractivity contribution in [2.24, 2.45) is 0 Å². The van der Waals surface area contributed by atoms with Gasteiger partial charge in [-0.1, -0.05) is 0 Å². The molecule has 0 heterocycles. The van der Waals surface area contributed by atoms with E-state index < -0.39 is 0 Å². The summed E-state index contributed by atoms with van der Waals surface area (Å²) < 4.78 is 4.83. The predicted octanol–water partition coefficient (Wildman–Crippen LogP) is 0.785. The molecule has 0 saturated carbocycles. The number of hydrogen-bond donors (Lipinski definition) is 1. The summed E-state index contributed by atoms with van der Waals surface area (Å²) in [4.78, 5) is 24.7. The maximum Gasteiger partial charge on any atom is 0.307 e. The molecule has 0 aromatic carbocycles. The molecule has 0 radical (unpaired) electrons. The Morgan fingerprint density at radius 3 is 2.35 bits per heavy atom. The van der Waals surface area contributed by atoms with Gasteiger partial charge in [0, 0.05) is 12.6 Å². The maximum atomic E-state index is 11.7. The third-order valence-corrected chi connectivity index (χ3v) is 2.45. The van der Waals surface area contributed by atoms with E-state index in [-0.39, 0.29) is 24.0 Å². The van der Waals surface area contributed by atoms with Gasteiger partial charge in [-0.2, -0.15) is 0 Å². The fraction of sp³-hybridized carbons (Fsp3) is 0.833.